The molecule has 0 N–H and O–H groups in total. The Labute approximate surface area is 260 Å². The summed E-state index contributed by atoms with van der Waals surface area (Å²) in [6.45, 7) is 0. The van der Waals surface area contributed by atoms with E-state index in [1.165, 1.54) is 61.6 Å². The molecule has 3 aliphatic rings. The lowest BCUT2D eigenvalue weighted by molar-refractivity contribution is 0.669. The van der Waals surface area contributed by atoms with Crippen molar-refractivity contribution in [2.75, 3.05) is 4.90 Å². The summed E-state index contributed by atoms with van der Waals surface area (Å²) in [5.41, 5.74) is 15.2. The van der Waals surface area contributed by atoms with Gasteiger partial charge in [0.2, 0.25) is 17.1 Å². The van der Waals surface area contributed by atoms with E-state index in [2.05, 4.69) is 161 Å². The zero-order valence-electron chi connectivity index (χ0n) is 24.4. The standard InChI is InChI=1S/C42H27N2O/c1-3-12-27(13-4-1)29-24-30(28-14-5-2-6-15-28)26-31(25-29)43-34-18-8-9-19-35(34)44-36-22-23-39-41(32-16-7-10-21-38(32)45-39)40(36)33-17-11-20-37(43)42(33)44/h1-26,42H/q+1. The fourth-order valence-corrected chi connectivity index (χ4v) is 7.61. The van der Waals surface area contributed by atoms with Gasteiger partial charge in [-0.1, -0.05) is 103 Å². The molecule has 10 rings (SSSR count). The first kappa shape index (κ1) is 24.5. The smallest absolute Gasteiger partial charge is 0.235 e. The van der Waals surface area contributed by atoms with E-state index in [9.17, 15) is 0 Å². The van der Waals surface area contributed by atoms with Crippen LogP contribution in [0.5, 0.6) is 0 Å². The van der Waals surface area contributed by atoms with E-state index in [1.807, 2.05) is 6.07 Å². The molecule has 0 radical (unpaired) electrons. The normalized spacial score (nSPS) is 16.1. The highest BCUT2D eigenvalue weighted by Gasteiger charge is 2.49. The Morgan fingerprint density at radius 2 is 1.27 bits per heavy atom. The molecule has 1 unspecified atom stereocenters. The van der Waals surface area contributed by atoms with Crippen LogP contribution < -0.4 is 9.48 Å². The first-order chi connectivity index (χ1) is 22.3. The number of benzene rings is 6. The highest BCUT2D eigenvalue weighted by Crippen LogP contribution is 2.55. The molecule has 3 heteroatoms. The Morgan fingerprint density at radius 1 is 0.578 bits per heavy atom. The lowest BCUT2D eigenvalue weighted by Gasteiger charge is -2.32. The van der Waals surface area contributed by atoms with E-state index >= 15 is 0 Å². The van der Waals surface area contributed by atoms with Gasteiger partial charge in [0.15, 0.2) is 0 Å². The molecule has 7 aromatic rings. The van der Waals surface area contributed by atoms with Gasteiger partial charge >= 0.3 is 0 Å². The van der Waals surface area contributed by atoms with Crippen LogP contribution in [0.15, 0.2) is 162 Å². The molecule has 3 nitrogen and oxygen atoms in total. The summed E-state index contributed by atoms with van der Waals surface area (Å²) in [5, 5.41) is 2.36. The van der Waals surface area contributed by atoms with Gasteiger partial charge in [-0.3, -0.25) is 0 Å². The van der Waals surface area contributed by atoms with Gasteiger partial charge in [-0.2, -0.15) is 4.58 Å². The minimum atomic E-state index is 0.0414. The van der Waals surface area contributed by atoms with Crippen molar-refractivity contribution in [3.63, 3.8) is 0 Å². The third kappa shape index (κ3) is 3.49. The number of fused-ring (bicyclic) bond motifs is 9. The Balaban J connectivity index is 1.27. The van der Waals surface area contributed by atoms with Gasteiger partial charge in [-0.25, -0.2) is 0 Å². The number of anilines is 2. The zero-order valence-corrected chi connectivity index (χ0v) is 24.4. The molecule has 1 aliphatic carbocycles. The molecule has 0 fully saturated rings. The van der Waals surface area contributed by atoms with Gasteiger partial charge in [0, 0.05) is 40.6 Å². The van der Waals surface area contributed by atoms with Crippen LogP contribution in [0.3, 0.4) is 0 Å². The molecular weight excluding hydrogens is 548 g/mol. The van der Waals surface area contributed by atoms with Gasteiger partial charge in [0.1, 0.15) is 22.9 Å². The molecule has 0 spiro atoms. The average Bonchev–Trinajstić information content (AvgIpc) is 3.66. The SMILES string of the molecule is C1=CC2=[N+](c3cc(-c4ccccc4)cc(-c4ccccc4)c3)c3ccccc3N3c4ccc5oc6ccccc6c5c4C(=C1)C23. The number of para-hydroxylation sites is 3. The number of hydrogen-bond donors (Lipinski definition) is 0. The number of hydrogen-bond acceptors (Lipinski definition) is 2. The van der Waals surface area contributed by atoms with E-state index < -0.39 is 0 Å². The van der Waals surface area contributed by atoms with Crippen LogP contribution in [0.1, 0.15) is 5.56 Å². The van der Waals surface area contributed by atoms with Crippen LogP contribution in [-0.4, -0.2) is 11.8 Å². The zero-order chi connectivity index (χ0) is 29.5. The monoisotopic (exact) mass is 575 g/mol. The number of rotatable bonds is 3. The summed E-state index contributed by atoms with van der Waals surface area (Å²) >= 11 is 0. The number of nitrogens with zero attached hydrogens (tertiary/aromatic N) is 2. The summed E-state index contributed by atoms with van der Waals surface area (Å²) in [5.74, 6) is 0. The second-order valence-corrected chi connectivity index (χ2v) is 11.9. The van der Waals surface area contributed by atoms with Crippen LogP contribution >= 0.6 is 0 Å². The minimum absolute atomic E-state index is 0.0414. The molecule has 45 heavy (non-hydrogen) atoms. The lowest BCUT2D eigenvalue weighted by atomic mass is 9.90. The molecule has 6 aromatic carbocycles. The average molecular weight is 576 g/mol. The van der Waals surface area contributed by atoms with Crippen molar-refractivity contribution < 1.29 is 4.42 Å². The Hall–Kier alpha value is -5.93. The maximum atomic E-state index is 6.36. The summed E-state index contributed by atoms with van der Waals surface area (Å²) in [7, 11) is 0. The number of allylic oxidation sites excluding steroid dienone is 2. The molecule has 1 atom stereocenters. The van der Waals surface area contributed by atoms with Crippen LogP contribution in [0, 0.1) is 0 Å². The van der Waals surface area contributed by atoms with Crippen molar-refractivity contribution in [2.45, 2.75) is 6.04 Å². The molecule has 0 saturated carbocycles. The molecule has 0 saturated heterocycles. The molecular formula is C42H27N2O+. The van der Waals surface area contributed by atoms with Crippen molar-refractivity contribution >= 4 is 56.0 Å². The predicted octanol–water partition coefficient (Wildman–Crippen LogP) is 10.7. The van der Waals surface area contributed by atoms with Gasteiger partial charge in [0.25, 0.3) is 0 Å². The largest absolute Gasteiger partial charge is 0.456 e. The van der Waals surface area contributed by atoms with Crippen LogP contribution in [0.4, 0.5) is 22.7 Å². The van der Waals surface area contributed by atoms with Crippen LogP contribution in [0.25, 0.3) is 49.8 Å². The van der Waals surface area contributed by atoms with Crippen molar-refractivity contribution in [3.8, 4) is 22.3 Å². The molecule has 1 aromatic heterocycles. The van der Waals surface area contributed by atoms with Gasteiger partial charge in [-0.15, -0.1) is 0 Å². The van der Waals surface area contributed by atoms with Gasteiger partial charge in [0.05, 0.1) is 5.69 Å². The second-order valence-electron chi connectivity index (χ2n) is 11.9. The van der Waals surface area contributed by atoms with Crippen molar-refractivity contribution in [1.82, 2.24) is 4.58 Å². The van der Waals surface area contributed by atoms with Crippen LogP contribution in [0.2, 0.25) is 0 Å². The summed E-state index contributed by atoms with van der Waals surface area (Å²) in [6.07, 6.45) is 6.82. The molecule has 210 valence electrons. The van der Waals surface area contributed by atoms with E-state index in [1.54, 1.807) is 0 Å². The minimum Gasteiger partial charge on any atom is -0.456 e. The highest BCUT2D eigenvalue weighted by atomic mass is 16.3. The van der Waals surface area contributed by atoms with E-state index in [0.717, 1.165) is 22.2 Å². The number of furan rings is 1. The predicted molar refractivity (Wildman–Crippen MR) is 187 cm³/mol. The quantitative estimate of drug-likeness (QED) is 0.195. The second kappa shape index (κ2) is 9.28. The first-order valence-corrected chi connectivity index (χ1v) is 15.5. The van der Waals surface area contributed by atoms with E-state index in [4.69, 9.17) is 4.42 Å². The maximum absolute atomic E-state index is 6.36. The fourth-order valence-electron chi connectivity index (χ4n) is 7.61. The molecule has 0 bridgehead atoms. The Morgan fingerprint density at radius 3 is 2.04 bits per heavy atom. The van der Waals surface area contributed by atoms with Crippen LogP contribution in [-0.2, 0) is 0 Å². The Kier molecular flexibility index (Phi) is 5.06. The third-order valence-corrected chi connectivity index (χ3v) is 9.48. The molecule has 0 amide bonds. The first-order valence-electron chi connectivity index (χ1n) is 15.5. The van der Waals surface area contributed by atoms with Gasteiger partial charge < -0.3 is 9.32 Å². The van der Waals surface area contributed by atoms with Crippen molar-refractivity contribution in [2.24, 2.45) is 0 Å². The third-order valence-electron chi connectivity index (χ3n) is 9.48. The topological polar surface area (TPSA) is 19.4 Å². The van der Waals surface area contributed by atoms with Crippen molar-refractivity contribution in [3.05, 3.63) is 163 Å². The van der Waals surface area contributed by atoms with Gasteiger partial charge in [-0.05, 0) is 58.2 Å². The lowest BCUT2D eigenvalue weighted by Crippen LogP contribution is -2.43. The molecule has 2 aliphatic heterocycles. The van der Waals surface area contributed by atoms with Crippen molar-refractivity contribution in [1.29, 1.82) is 0 Å². The Bertz CT molecular complexity index is 2370. The highest BCUT2D eigenvalue weighted by molar-refractivity contribution is 6.25. The van der Waals surface area contributed by atoms with E-state index in [0.29, 0.717) is 0 Å². The summed E-state index contributed by atoms with van der Waals surface area (Å²) in [4.78, 5) is 2.53. The fraction of sp³-hybridized carbons (Fsp3) is 0.0238. The summed E-state index contributed by atoms with van der Waals surface area (Å²) in [6, 6.07) is 50.1. The van der Waals surface area contributed by atoms with E-state index in [-0.39, 0.29) is 6.04 Å². The molecule has 3 heterocycles. The summed E-state index contributed by atoms with van der Waals surface area (Å²) < 4.78 is 8.84. The maximum Gasteiger partial charge on any atom is 0.235 e.